The Hall–Kier alpha value is -6.66. The average molecular weight is 879 g/mol. The number of benzene rings is 4. The summed E-state index contributed by atoms with van der Waals surface area (Å²) in [7, 11) is 1.92. The third kappa shape index (κ3) is 8.87. The van der Waals surface area contributed by atoms with E-state index in [0.717, 1.165) is 66.1 Å². The zero-order valence-corrected chi connectivity index (χ0v) is 34.4. The van der Waals surface area contributed by atoms with Crippen LogP contribution in [0.3, 0.4) is 0 Å². The molecule has 6 amide bonds. The van der Waals surface area contributed by atoms with Crippen molar-refractivity contribution >= 4 is 69.3 Å². The van der Waals surface area contributed by atoms with Gasteiger partial charge in [0.2, 0.25) is 0 Å². The van der Waals surface area contributed by atoms with E-state index in [9.17, 15) is 38.4 Å². The van der Waals surface area contributed by atoms with Crippen LogP contribution in [0.1, 0.15) is 59.8 Å². The molecule has 4 aromatic carbocycles. The molecule has 4 aliphatic rings. The molecular weight excluding hydrogens is 841 g/mol. The first-order chi connectivity index (χ1) is 30.1. The number of alkyl carbamates (subject to hydrolysis) is 2. The molecule has 2 fully saturated rings. The zero-order valence-electron chi connectivity index (χ0n) is 32.8. The average Bonchev–Trinajstić information content (AvgIpc) is 3.99. The predicted molar refractivity (Wildman–Crippen MR) is 223 cm³/mol. The van der Waals surface area contributed by atoms with Gasteiger partial charge in [-0.25, -0.2) is 19.2 Å². The molecule has 2 unspecified atom stereocenters. The van der Waals surface area contributed by atoms with Gasteiger partial charge >= 0.3 is 24.1 Å². The largest absolute Gasteiger partial charge is 0.449 e. The van der Waals surface area contributed by atoms with Crippen molar-refractivity contribution in [2.75, 3.05) is 24.7 Å². The molecule has 318 valence electrons. The van der Waals surface area contributed by atoms with Gasteiger partial charge in [-0.2, -0.15) is 0 Å². The number of carbonyl (C=O) groups is 8. The standard InChI is InChI=1S/C44H38N4O12S2/c49-37-17-18-38(50)47(37)59-41(53)35(45-43(55)57-21-33-29-13-5-1-9-25(29)26-10-2-6-14-30(26)33)23-61-62-24-36(42(54)60-48-39(51)19-20-40(48)52)46-44(56)58-22-34-31-15-7-3-11-27(31)28-12-4-8-16-32(28)34/h1-16,33-36H,17-24H2,(H,45,55)(H,46,56). The van der Waals surface area contributed by atoms with E-state index in [2.05, 4.69) is 10.6 Å². The van der Waals surface area contributed by atoms with E-state index < -0.39 is 59.8 Å². The molecule has 0 radical (unpaired) electrons. The fourth-order valence-electron chi connectivity index (χ4n) is 7.76. The maximum atomic E-state index is 13.4. The summed E-state index contributed by atoms with van der Waals surface area (Å²) in [5.74, 6) is -6.18. The Morgan fingerprint density at radius 2 is 0.790 bits per heavy atom. The van der Waals surface area contributed by atoms with Gasteiger partial charge in [-0.1, -0.05) is 119 Å². The Balaban J connectivity index is 0.917. The number of hydrogen-bond acceptors (Lipinski definition) is 14. The number of hydrogen-bond donors (Lipinski definition) is 2. The maximum absolute atomic E-state index is 13.4. The van der Waals surface area contributed by atoms with Gasteiger partial charge in [0.05, 0.1) is 0 Å². The highest BCUT2D eigenvalue weighted by molar-refractivity contribution is 8.76. The Morgan fingerprint density at radius 1 is 0.500 bits per heavy atom. The van der Waals surface area contributed by atoms with E-state index in [1.807, 2.05) is 97.1 Å². The molecule has 0 spiro atoms. The first-order valence-electron chi connectivity index (χ1n) is 19.7. The Labute approximate surface area is 362 Å². The van der Waals surface area contributed by atoms with Gasteiger partial charge in [-0.05, 0) is 44.5 Å². The molecule has 2 heterocycles. The van der Waals surface area contributed by atoms with Crippen LogP contribution in [0, 0.1) is 0 Å². The third-order valence-corrected chi connectivity index (χ3v) is 13.2. The van der Waals surface area contributed by atoms with Crippen molar-refractivity contribution in [3.05, 3.63) is 119 Å². The van der Waals surface area contributed by atoms with Crippen molar-refractivity contribution in [1.82, 2.24) is 20.8 Å². The minimum atomic E-state index is -1.47. The number of ether oxygens (including phenoxy) is 2. The third-order valence-electron chi connectivity index (χ3n) is 10.8. The number of imide groups is 2. The van der Waals surface area contributed by atoms with Crippen LogP contribution in [0.25, 0.3) is 22.3 Å². The van der Waals surface area contributed by atoms with Crippen LogP contribution in [-0.2, 0) is 47.9 Å². The number of carbonyl (C=O) groups excluding carboxylic acids is 8. The van der Waals surface area contributed by atoms with Crippen LogP contribution >= 0.6 is 21.6 Å². The van der Waals surface area contributed by atoms with Crippen LogP contribution in [-0.4, -0.2) is 94.7 Å². The molecule has 0 saturated carbocycles. The fourth-order valence-corrected chi connectivity index (χ4v) is 10.1. The molecular formula is C44H38N4O12S2. The summed E-state index contributed by atoms with van der Waals surface area (Å²) in [6, 6.07) is 28.1. The minimum Gasteiger partial charge on any atom is -0.449 e. The van der Waals surface area contributed by atoms with Gasteiger partial charge in [-0.15, -0.1) is 10.1 Å². The number of hydroxylamine groups is 4. The van der Waals surface area contributed by atoms with E-state index in [1.54, 1.807) is 0 Å². The summed E-state index contributed by atoms with van der Waals surface area (Å²) in [5, 5.41) is 5.66. The van der Waals surface area contributed by atoms with Crippen LogP contribution in [0.15, 0.2) is 97.1 Å². The number of fused-ring (bicyclic) bond motifs is 6. The number of amides is 6. The number of nitrogens with zero attached hydrogens (tertiary/aromatic N) is 2. The Bertz CT molecular complexity index is 2190. The molecule has 0 aromatic heterocycles. The summed E-state index contributed by atoms with van der Waals surface area (Å²) in [6.07, 6.45) is -2.55. The maximum Gasteiger partial charge on any atom is 0.407 e. The molecule has 2 saturated heterocycles. The molecule has 2 atom stereocenters. The van der Waals surface area contributed by atoms with Gasteiger partial charge in [-0.3, -0.25) is 19.2 Å². The van der Waals surface area contributed by atoms with Crippen LogP contribution in [0.4, 0.5) is 9.59 Å². The number of nitrogens with one attached hydrogen (secondary N) is 2. The monoisotopic (exact) mass is 878 g/mol. The highest BCUT2D eigenvalue weighted by atomic mass is 33.1. The molecule has 16 nitrogen and oxygen atoms in total. The molecule has 8 rings (SSSR count). The minimum absolute atomic E-state index is 0.0695. The summed E-state index contributed by atoms with van der Waals surface area (Å²) in [4.78, 5) is 113. The summed E-state index contributed by atoms with van der Waals surface area (Å²) in [6.45, 7) is -0.139. The lowest BCUT2D eigenvalue weighted by molar-refractivity contribution is -0.198. The van der Waals surface area contributed by atoms with Gasteiger partial charge in [0.1, 0.15) is 25.3 Å². The quantitative estimate of drug-likeness (QED) is 0.0873. The van der Waals surface area contributed by atoms with E-state index >= 15 is 0 Å². The number of rotatable bonds is 15. The van der Waals surface area contributed by atoms with Crippen LogP contribution in [0.5, 0.6) is 0 Å². The smallest absolute Gasteiger partial charge is 0.407 e. The molecule has 62 heavy (non-hydrogen) atoms. The summed E-state index contributed by atoms with van der Waals surface area (Å²) in [5.41, 5.74) is 7.92. The van der Waals surface area contributed by atoms with E-state index in [4.69, 9.17) is 19.1 Å². The fraction of sp³-hybridized carbons (Fsp3) is 0.273. The highest BCUT2D eigenvalue weighted by Gasteiger charge is 2.38. The van der Waals surface area contributed by atoms with E-state index in [-0.39, 0.29) is 62.2 Å². The highest BCUT2D eigenvalue weighted by Crippen LogP contribution is 2.45. The van der Waals surface area contributed by atoms with E-state index in [1.165, 1.54) is 0 Å². The molecule has 18 heteroatoms. The van der Waals surface area contributed by atoms with Gasteiger partial charge in [0.25, 0.3) is 23.6 Å². The second-order valence-corrected chi connectivity index (χ2v) is 17.2. The molecule has 0 bridgehead atoms. The van der Waals surface area contributed by atoms with Gasteiger partial charge in [0, 0.05) is 49.0 Å². The first-order valence-corrected chi connectivity index (χ1v) is 22.2. The topological polar surface area (TPSA) is 204 Å². The second kappa shape index (κ2) is 18.5. The van der Waals surface area contributed by atoms with Crippen molar-refractivity contribution in [2.24, 2.45) is 0 Å². The lowest BCUT2D eigenvalue weighted by Crippen LogP contribution is -2.47. The summed E-state index contributed by atoms with van der Waals surface area (Å²) >= 11 is 0. The van der Waals surface area contributed by atoms with Gasteiger partial charge < -0.3 is 29.8 Å². The molecule has 4 aromatic rings. The summed E-state index contributed by atoms with van der Waals surface area (Å²) < 4.78 is 11.3. The van der Waals surface area contributed by atoms with Crippen molar-refractivity contribution in [2.45, 2.75) is 49.6 Å². The SMILES string of the molecule is O=C(NC(CSSCC(NC(=O)OCC1c2ccccc2-c2ccccc21)C(=O)ON1C(=O)CCC1=O)C(=O)ON1C(=O)CCC1=O)OCC1c2ccccc2-c2ccccc21. The Morgan fingerprint density at radius 3 is 1.10 bits per heavy atom. The van der Waals surface area contributed by atoms with Crippen LogP contribution < -0.4 is 10.6 Å². The predicted octanol–water partition coefficient (Wildman–Crippen LogP) is 5.40. The lowest BCUT2D eigenvalue weighted by atomic mass is 9.98. The second-order valence-electron chi connectivity index (χ2n) is 14.6. The van der Waals surface area contributed by atoms with E-state index in [0.29, 0.717) is 10.1 Å². The molecule has 2 aliphatic heterocycles. The first kappa shape index (κ1) is 42.0. The normalized spacial score (nSPS) is 16.3. The van der Waals surface area contributed by atoms with Crippen LogP contribution in [0.2, 0.25) is 0 Å². The van der Waals surface area contributed by atoms with Gasteiger partial charge in [0.15, 0.2) is 0 Å². The zero-order chi connectivity index (χ0) is 43.3. The molecule has 2 N–H and O–H groups in total. The Kier molecular flexibility index (Phi) is 12.6. The van der Waals surface area contributed by atoms with Crippen molar-refractivity contribution in [1.29, 1.82) is 0 Å². The van der Waals surface area contributed by atoms with Crippen molar-refractivity contribution < 1.29 is 57.5 Å². The molecule has 2 aliphatic carbocycles. The van der Waals surface area contributed by atoms with Crippen molar-refractivity contribution in [3.63, 3.8) is 0 Å². The lowest BCUT2D eigenvalue weighted by Gasteiger charge is -2.22. The van der Waals surface area contributed by atoms with Crippen molar-refractivity contribution in [3.8, 4) is 22.3 Å².